The van der Waals surface area contributed by atoms with Gasteiger partial charge in [0.05, 0.1) is 12.8 Å². The number of amidine groups is 1. The average molecular weight is 424 g/mol. The van der Waals surface area contributed by atoms with E-state index in [0.29, 0.717) is 11.5 Å². The van der Waals surface area contributed by atoms with E-state index < -0.39 is 0 Å². The molecule has 0 bridgehead atoms. The van der Waals surface area contributed by atoms with Crippen molar-refractivity contribution in [1.82, 2.24) is 4.98 Å². The summed E-state index contributed by atoms with van der Waals surface area (Å²) in [4.78, 5) is 9.07. The number of aliphatic imine (C=N–C) groups is 1. The summed E-state index contributed by atoms with van der Waals surface area (Å²) >= 11 is 0. The third-order valence-corrected chi connectivity index (χ3v) is 5.36. The quantitative estimate of drug-likeness (QED) is 0.430. The van der Waals surface area contributed by atoms with Crippen molar-refractivity contribution in [2.75, 3.05) is 17.7 Å². The highest BCUT2D eigenvalue weighted by atomic mass is 19.1. The lowest BCUT2D eigenvalue weighted by molar-refractivity contribution is 0.415. The molecule has 0 amide bonds. The molecule has 3 aromatic carbocycles. The van der Waals surface area contributed by atoms with Crippen LogP contribution in [-0.4, -0.2) is 17.9 Å². The molecule has 0 saturated carbocycles. The molecule has 1 unspecified atom stereocenters. The molecule has 4 aromatic rings. The molecule has 5 rings (SSSR count). The van der Waals surface area contributed by atoms with Crippen LogP contribution in [0.5, 0.6) is 5.75 Å². The zero-order valence-electron chi connectivity index (χ0n) is 17.4. The molecule has 6 heteroatoms. The summed E-state index contributed by atoms with van der Waals surface area (Å²) < 4.78 is 19.8. The van der Waals surface area contributed by atoms with Crippen LogP contribution in [-0.2, 0) is 0 Å². The van der Waals surface area contributed by atoms with Gasteiger partial charge in [0, 0.05) is 29.2 Å². The van der Waals surface area contributed by atoms with E-state index in [9.17, 15) is 4.39 Å². The number of ether oxygens (including phenoxy) is 1. The van der Waals surface area contributed by atoms with Gasteiger partial charge >= 0.3 is 0 Å². The van der Waals surface area contributed by atoms with Crippen molar-refractivity contribution in [3.05, 3.63) is 108 Å². The second kappa shape index (κ2) is 8.51. The number of aromatic nitrogens is 1. The summed E-state index contributed by atoms with van der Waals surface area (Å²) in [7, 11) is 1.65. The molecule has 0 spiro atoms. The molecule has 1 aliphatic heterocycles. The number of para-hydroxylation sites is 1. The summed E-state index contributed by atoms with van der Waals surface area (Å²) in [5.41, 5.74) is 5.07. The minimum atomic E-state index is -0.340. The second-order valence-electron chi connectivity index (χ2n) is 7.41. The molecule has 2 N–H and O–H groups in total. The molecule has 158 valence electrons. The van der Waals surface area contributed by atoms with Crippen molar-refractivity contribution >= 4 is 17.2 Å². The molecule has 32 heavy (non-hydrogen) atoms. The van der Waals surface area contributed by atoms with Crippen LogP contribution < -0.4 is 15.4 Å². The van der Waals surface area contributed by atoms with Crippen LogP contribution >= 0.6 is 0 Å². The van der Waals surface area contributed by atoms with Crippen molar-refractivity contribution < 1.29 is 9.13 Å². The lowest BCUT2D eigenvalue weighted by atomic mass is 9.99. The first-order chi connectivity index (χ1) is 15.7. The number of nitrogens with zero attached hydrogens (tertiary/aromatic N) is 2. The number of pyridine rings is 1. The number of hydrogen-bond acceptors (Lipinski definition) is 5. The number of anilines is 2. The molecular formula is C26H21FN4O. The minimum Gasteiger partial charge on any atom is -0.497 e. The molecule has 1 aliphatic rings. The number of hydrogen-bond donors (Lipinski definition) is 2. The normalized spacial score (nSPS) is 14.7. The third kappa shape index (κ3) is 3.90. The fourth-order valence-electron chi connectivity index (χ4n) is 3.71. The van der Waals surface area contributed by atoms with Gasteiger partial charge in [-0.1, -0.05) is 36.4 Å². The predicted molar refractivity (Wildman–Crippen MR) is 126 cm³/mol. The first-order valence-electron chi connectivity index (χ1n) is 10.3. The van der Waals surface area contributed by atoms with Crippen LogP contribution in [0.3, 0.4) is 0 Å². The Hall–Kier alpha value is -4.19. The largest absolute Gasteiger partial charge is 0.497 e. The Morgan fingerprint density at radius 1 is 0.938 bits per heavy atom. The topological polar surface area (TPSA) is 58.5 Å². The van der Waals surface area contributed by atoms with Crippen LogP contribution in [0.25, 0.3) is 11.1 Å². The van der Waals surface area contributed by atoms with Gasteiger partial charge in [0.2, 0.25) is 0 Å². The van der Waals surface area contributed by atoms with E-state index in [1.807, 2.05) is 54.6 Å². The molecule has 0 saturated heterocycles. The van der Waals surface area contributed by atoms with Gasteiger partial charge < -0.3 is 15.4 Å². The van der Waals surface area contributed by atoms with Crippen LogP contribution in [0.2, 0.25) is 0 Å². The molecule has 1 aromatic heterocycles. The smallest absolute Gasteiger partial charge is 0.148 e. The van der Waals surface area contributed by atoms with Gasteiger partial charge in [-0.05, 0) is 53.6 Å². The van der Waals surface area contributed by atoms with Gasteiger partial charge in [-0.25, -0.2) is 9.38 Å². The fraction of sp³-hybridized carbons (Fsp3) is 0.0769. The first kappa shape index (κ1) is 19.8. The van der Waals surface area contributed by atoms with Gasteiger partial charge in [0.1, 0.15) is 23.6 Å². The predicted octanol–water partition coefficient (Wildman–Crippen LogP) is 5.88. The number of halogens is 1. The Morgan fingerprint density at radius 3 is 2.62 bits per heavy atom. The van der Waals surface area contributed by atoms with Crippen molar-refractivity contribution in [3.63, 3.8) is 0 Å². The van der Waals surface area contributed by atoms with Crippen molar-refractivity contribution in [2.45, 2.75) is 6.17 Å². The molecule has 2 heterocycles. The van der Waals surface area contributed by atoms with Crippen molar-refractivity contribution in [2.24, 2.45) is 4.99 Å². The summed E-state index contributed by atoms with van der Waals surface area (Å²) in [6, 6.07) is 24.4. The van der Waals surface area contributed by atoms with Gasteiger partial charge in [-0.2, -0.15) is 0 Å². The van der Waals surface area contributed by atoms with Crippen molar-refractivity contribution in [1.29, 1.82) is 0 Å². The minimum absolute atomic E-state index is 0.336. The second-order valence-corrected chi connectivity index (χ2v) is 7.41. The maximum absolute atomic E-state index is 14.4. The summed E-state index contributed by atoms with van der Waals surface area (Å²) in [5, 5.41) is 6.66. The Bertz CT molecular complexity index is 1290. The van der Waals surface area contributed by atoms with Crippen LogP contribution in [0.4, 0.5) is 15.8 Å². The highest BCUT2D eigenvalue weighted by molar-refractivity contribution is 6.13. The summed E-state index contributed by atoms with van der Waals surface area (Å²) in [5.74, 6) is 1.04. The number of fused-ring (bicyclic) bond motifs is 1. The van der Waals surface area contributed by atoms with E-state index >= 15 is 0 Å². The van der Waals surface area contributed by atoms with E-state index in [0.717, 1.165) is 33.7 Å². The van der Waals surface area contributed by atoms with E-state index in [1.54, 1.807) is 37.7 Å². The highest BCUT2D eigenvalue weighted by Gasteiger charge is 2.23. The monoisotopic (exact) mass is 424 g/mol. The molecule has 5 nitrogen and oxygen atoms in total. The molecule has 0 radical (unpaired) electrons. The standard InChI is InChI=1S/C26H21FN4O/c1-32-20-8-4-6-17(14-20)18-11-12-23-21(15-18)26(30-24-10-3-2-9-22(24)27)31-25(29-23)19-7-5-13-28-16-19/h2-16,25,29H,1H3,(H,30,31). The zero-order valence-corrected chi connectivity index (χ0v) is 17.4. The Balaban J connectivity index is 1.59. The van der Waals surface area contributed by atoms with E-state index in [2.05, 4.69) is 15.6 Å². The van der Waals surface area contributed by atoms with E-state index in [4.69, 9.17) is 9.73 Å². The first-order valence-corrected chi connectivity index (χ1v) is 10.3. The molecule has 0 aliphatic carbocycles. The zero-order chi connectivity index (χ0) is 21.9. The van der Waals surface area contributed by atoms with E-state index in [-0.39, 0.29) is 12.0 Å². The third-order valence-electron chi connectivity index (χ3n) is 5.36. The van der Waals surface area contributed by atoms with Crippen molar-refractivity contribution in [3.8, 4) is 16.9 Å². The fourth-order valence-corrected chi connectivity index (χ4v) is 3.71. The average Bonchev–Trinajstić information content (AvgIpc) is 2.85. The van der Waals surface area contributed by atoms with Gasteiger partial charge in [-0.3, -0.25) is 4.98 Å². The Labute approximate surface area is 185 Å². The molecule has 1 atom stereocenters. The lowest BCUT2D eigenvalue weighted by Gasteiger charge is -2.27. The maximum Gasteiger partial charge on any atom is 0.148 e. The van der Waals surface area contributed by atoms with Gasteiger partial charge in [-0.15, -0.1) is 0 Å². The molecule has 0 fully saturated rings. The lowest BCUT2D eigenvalue weighted by Crippen LogP contribution is -2.25. The van der Waals surface area contributed by atoms with Crippen LogP contribution in [0.15, 0.2) is 96.2 Å². The maximum atomic E-state index is 14.4. The molecular weight excluding hydrogens is 403 g/mol. The van der Waals surface area contributed by atoms with Gasteiger partial charge in [0.15, 0.2) is 0 Å². The SMILES string of the molecule is COc1cccc(-c2ccc3c(c2)C(Nc2ccccc2F)=NC(c2cccnc2)N3)c1. The van der Waals surface area contributed by atoms with E-state index in [1.165, 1.54) is 6.07 Å². The van der Waals surface area contributed by atoms with Crippen LogP contribution in [0.1, 0.15) is 17.3 Å². The summed E-state index contributed by atoms with van der Waals surface area (Å²) in [6.07, 6.45) is 3.16. The Morgan fingerprint density at radius 2 is 1.81 bits per heavy atom. The highest BCUT2D eigenvalue weighted by Crippen LogP contribution is 2.34. The number of nitrogens with one attached hydrogen (secondary N) is 2. The Kier molecular flexibility index (Phi) is 5.25. The summed E-state index contributed by atoms with van der Waals surface area (Å²) in [6.45, 7) is 0. The van der Waals surface area contributed by atoms with Gasteiger partial charge in [0.25, 0.3) is 0 Å². The van der Waals surface area contributed by atoms with Crippen LogP contribution in [0, 0.1) is 5.82 Å². The number of rotatable bonds is 4. The number of benzene rings is 3. The number of methoxy groups -OCH3 is 1.